The zero-order chi connectivity index (χ0) is 36.5. The Balaban J connectivity index is 0.989. The molecule has 56 heavy (non-hydrogen) atoms. The number of aromatic nitrogens is 3. The second-order valence-corrected chi connectivity index (χ2v) is 15.1. The van der Waals surface area contributed by atoms with Crippen molar-refractivity contribution in [3.63, 3.8) is 0 Å². The maximum absolute atomic E-state index is 5.23. The van der Waals surface area contributed by atoms with Crippen LogP contribution >= 0.6 is 0 Å². The number of pyridine rings is 1. The number of fused-ring (bicyclic) bond motifs is 12. The molecule has 0 fully saturated rings. The minimum atomic E-state index is 0.981. The molecule has 0 aliphatic heterocycles. The molecule has 0 radical (unpaired) electrons. The summed E-state index contributed by atoms with van der Waals surface area (Å²) in [6.45, 7) is 0. The molecule has 1 aliphatic rings. The van der Waals surface area contributed by atoms with E-state index in [0.29, 0.717) is 0 Å². The van der Waals surface area contributed by atoms with E-state index in [1.807, 2.05) is 6.20 Å². The van der Waals surface area contributed by atoms with Crippen molar-refractivity contribution in [3.8, 4) is 44.9 Å². The Labute approximate surface area is 321 Å². The summed E-state index contributed by atoms with van der Waals surface area (Å²) in [5.41, 5.74) is 13.4. The summed E-state index contributed by atoms with van der Waals surface area (Å²) in [5.74, 6) is 0.981. The van der Waals surface area contributed by atoms with Gasteiger partial charge in [0.2, 0.25) is 0 Å². The molecule has 3 heteroatoms. The Morgan fingerprint density at radius 3 is 1.91 bits per heavy atom. The summed E-state index contributed by atoms with van der Waals surface area (Å²) in [6.07, 6.45) is 2.05. The Morgan fingerprint density at radius 1 is 0.339 bits per heavy atom. The van der Waals surface area contributed by atoms with Crippen LogP contribution in [0.4, 0.5) is 0 Å². The van der Waals surface area contributed by atoms with Crippen molar-refractivity contribution in [2.45, 2.75) is 0 Å². The number of benzene rings is 9. The Morgan fingerprint density at radius 2 is 1.04 bits per heavy atom. The van der Waals surface area contributed by atoms with Gasteiger partial charge in [0.25, 0.3) is 0 Å². The van der Waals surface area contributed by atoms with Crippen LogP contribution in [-0.2, 0) is 0 Å². The van der Waals surface area contributed by atoms with E-state index in [2.05, 4.69) is 191 Å². The molecule has 3 heterocycles. The lowest BCUT2D eigenvalue weighted by molar-refractivity contribution is 1.09. The molecule has 3 aromatic heterocycles. The molecule has 0 bridgehead atoms. The number of hydrogen-bond donors (Lipinski definition) is 0. The van der Waals surface area contributed by atoms with E-state index in [1.54, 1.807) is 0 Å². The van der Waals surface area contributed by atoms with Gasteiger partial charge in [-0.25, -0.2) is 4.98 Å². The lowest BCUT2D eigenvalue weighted by Crippen LogP contribution is -2.00. The summed E-state index contributed by atoms with van der Waals surface area (Å²) in [7, 11) is 0. The van der Waals surface area contributed by atoms with Crippen molar-refractivity contribution >= 4 is 75.9 Å². The van der Waals surface area contributed by atoms with Gasteiger partial charge in [0.15, 0.2) is 0 Å². The third-order valence-corrected chi connectivity index (χ3v) is 12.2. The average molecular weight is 710 g/mol. The fourth-order valence-corrected chi connectivity index (χ4v) is 9.80. The normalized spacial score (nSPS) is 12.3. The van der Waals surface area contributed by atoms with Crippen LogP contribution in [0, 0.1) is 0 Å². The van der Waals surface area contributed by atoms with E-state index in [4.69, 9.17) is 4.98 Å². The van der Waals surface area contributed by atoms with Crippen molar-refractivity contribution in [1.29, 1.82) is 0 Å². The van der Waals surface area contributed by atoms with Gasteiger partial charge in [-0.2, -0.15) is 0 Å². The predicted molar refractivity (Wildman–Crippen MR) is 235 cm³/mol. The fourth-order valence-electron chi connectivity index (χ4n) is 9.80. The van der Waals surface area contributed by atoms with Crippen LogP contribution in [0.3, 0.4) is 0 Å². The van der Waals surface area contributed by atoms with Crippen molar-refractivity contribution < 1.29 is 0 Å². The zero-order valence-electron chi connectivity index (χ0n) is 30.2. The fraction of sp³-hybridized carbons (Fsp3) is 0. The van der Waals surface area contributed by atoms with Crippen LogP contribution in [-0.4, -0.2) is 14.1 Å². The molecule has 9 aromatic carbocycles. The minimum absolute atomic E-state index is 0.981. The first-order valence-electron chi connectivity index (χ1n) is 19.3. The highest BCUT2D eigenvalue weighted by Crippen LogP contribution is 2.50. The van der Waals surface area contributed by atoms with Crippen LogP contribution in [0.1, 0.15) is 0 Å². The van der Waals surface area contributed by atoms with Crippen LogP contribution in [0.25, 0.3) is 121 Å². The van der Waals surface area contributed by atoms with Gasteiger partial charge in [0.05, 0.1) is 22.1 Å². The first kappa shape index (κ1) is 29.9. The molecule has 0 saturated heterocycles. The first-order valence-corrected chi connectivity index (χ1v) is 19.3. The highest BCUT2D eigenvalue weighted by Gasteiger charge is 2.27. The molecular weight excluding hydrogens is 679 g/mol. The average Bonchev–Trinajstić information content (AvgIpc) is 3.90. The largest absolute Gasteiger partial charge is 0.309 e. The highest BCUT2D eigenvalue weighted by atomic mass is 15.1. The topological polar surface area (TPSA) is 22.8 Å². The van der Waals surface area contributed by atoms with Gasteiger partial charge in [0.1, 0.15) is 5.82 Å². The molecular formula is C53H31N3. The summed E-state index contributed by atoms with van der Waals surface area (Å²) >= 11 is 0. The second-order valence-electron chi connectivity index (χ2n) is 15.1. The second kappa shape index (κ2) is 11.0. The molecule has 0 atom stereocenters. The zero-order valence-corrected chi connectivity index (χ0v) is 30.2. The molecule has 0 spiro atoms. The molecule has 1 aliphatic carbocycles. The van der Waals surface area contributed by atoms with Gasteiger partial charge in [-0.1, -0.05) is 127 Å². The number of para-hydroxylation sites is 3. The smallest absolute Gasteiger partial charge is 0.146 e. The molecule has 0 unspecified atom stereocenters. The van der Waals surface area contributed by atoms with Crippen LogP contribution < -0.4 is 0 Å². The number of nitrogens with zero attached hydrogens (tertiary/aromatic N) is 3. The molecule has 258 valence electrons. The molecule has 0 amide bonds. The molecule has 13 rings (SSSR count). The Kier molecular flexibility index (Phi) is 5.89. The standard InChI is InChI=1S/C53H31N3/c1-2-12-38(13-3-1)55-47-20-9-7-17-44(47)51-39-25-23-33(27-35(39)24-26-48(51)55)32-21-22-34-30-49-45(29-37(34)28-32)41-15-6-8-19-46(41)56(49)53-52-43-16-5-4-14-40(43)42-18-10-11-36(31-54-53)50(42)52/h1-31H. The summed E-state index contributed by atoms with van der Waals surface area (Å²) in [6, 6.07) is 66.8. The maximum Gasteiger partial charge on any atom is 0.146 e. The van der Waals surface area contributed by atoms with Gasteiger partial charge in [-0.15, -0.1) is 0 Å². The number of rotatable bonds is 3. The van der Waals surface area contributed by atoms with Crippen LogP contribution in [0.2, 0.25) is 0 Å². The molecule has 12 aromatic rings. The van der Waals surface area contributed by atoms with E-state index < -0.39 is 0 Å². The van der Waals surface area contributed by atoms with E-state index >= 15 is 0 Å². The molecule has 0 saturated carbocycles. The quantitative estimate of drug-likeness (QED) is 0.179. The van der Waals surface area contributed by atoms with Gasteiger partial charge in [-0.05, 0) is 104 Å². The maximum atomic E-state index is 5.23. The SMILES string of the molecule is c1ccc(-n2c3ccccc3c3c4ccc(-c5ccc6cc7c(cc6c5)c5ccccc5n7-c5ncc6cccc7c6c5-c5ccccc5-7)cc4ccc32)cc1. The Hall–Kier alpha value is -7.49. The van der Waals surface area contributed by atoms with Crippen molar-refractivity contribution in [1.82, 2.24) is 14.1 Å². The lowest BCUT2D eigenvalue weighted by Gasteiger charge is -2.13. The summed E-state index contributed by atoms with van der Waals surface area (Å²) in [4.78, 5) is 5.23. The van der Waals surface area contributed by atoms with Gasteiger partial charge in [0, 0.05) is 49.8 Å². The van der Waals surface area contributed by atoms with Crippen molar-refractivity contribution in [2.75, 3.05) is 0 Å². The minimum Gasteiger partial charge on any atom is -0.309 e. The Bertz CT molecular complexity index is 3640. The molecule has 0 N–H and O–H groups in total. The van der Waals surface area contributed by atoms with E-state index in [0.717, 1.165) is 11.3 Å². The van der Waals surface area contributed by atoms with E-state index in [-0.39, 0.29) is 0 Å². The van der Waals surface area contributed by atoms with E-state index in [1.165, 1.54) is 109 Å². The van der Waals surface area contributed by atoms with Gasteiger partial charge in [-0.3, -0.25) is 4.57 Å². The monoisotopic (exact) mass is 709 g/mol. The third-order valence-electron chi connectivity index (χ3n) is 12.2. The van der Waals surface area contributed by atoms with Crippen molar-refractivity contribution in [3.05, 3.63) is 188 Å². The highest BCUT2D eigenvalue weighted by molar-refractivity contribution is 6.22. The summed E-state index contributed by atoms with van der Waals surface area (Å²) < 4.78 is 4.78. The number of hydrogen-bond acceptors (Lipinski definition) is 1. The van der Waals surface area contributed by atoms with Crippen LogP contribution in [0.5, 0.6) is 0 Å². The molecule has 3 nitrogen and oxygen atoms in total. The van der Waals surface area contributed by atoms with Crippen LogP contribution in [0.15, 0.2) is 188 Å². The first-order chi connectivity index (χ1) is 27.8. The lowest BCUT2D eigenvalue weighted by atomic mass is 9.96. The third kappa shape index (κ3) is 3.98. The summed E-state index contributed by atoms with van der Waals surface area (Å²) in [5, 5.41) is 12.4. The predicted octanol–water partition coefficient (Wildman–Crippen LogP) is 14.0. The van der Waals surface area contributed by atoms with Gasteiger partial charge < -0.3 is 4.57 Å². The van der Waals surface area contributed by atoms with Crippen molar-refractivity contribution in [2.24, 2.45) is 0 Å². The van der Waals surface area contributed by atoms with Gasteiger partial charge >= 0.3 is 0 Å². The van der Waals surface area contributed by atoms with E-state index in [9.17, 15) is 0 Å².